The predicted molar refractivity (Wildman–Crippen MR) is 94.6 cm³/mol. The summed E-state index contributed by atoms with van der Waals surface area (Å²) in [7, 11) is 1.80. The van der Waals surface area contributed by atoms with Gasteiger partial charge in [-0.05, 0) is 19.3 Å². The molecular weight excluding hydrogens is 290 g/mol. The quantitative estimate of drug-likeness (QED) is 0.387. The molecule has 1 aliphatic carbocycles. The van der Waals surface area contributed by atoms with Gasteiger partial charge in [0.1, 0.15) is 0 Å². The molecule has 2 rings (SSSR count). The van der Waals surface area contributed by atoms with E-state index in [9.17, 15) is 4.79 Å². The molecule has 0 radical (unpaired) electrons. The molecule has 1 aliphatic heterocycles. The fourth-order valence-electron chi connectivity index (χ4n) is 3.46. The Morgan fingerprint density at radius 3 is 2.52 bits per heavy atom. The van der Waals surface area contributed by atoms with Crippen molar-refractivity contribution in [3.63, 3.8) is 0 Å². The van der Waals surface area contributed by atoms with Crippen LogP contribution < -0.4 is 16.0 Å². The summed E-state index contributed by atoms with van der Waals surface area (Å²) in [6.07, 6.45) is 6.71. The molecule has 0 aromatic carbocycles. The molecule has 23 heavy (non-hydrogen) atoms. The second-order valence-electron chi connectivity index (χ2n) is 7.01. The molecule has 0 spiro atoms. The molecule has 132 valence electrons. The molecule has 6 heteroatoms. The summed E-state index contributed by atoms with van der Waals surface area (Å²) in [5, 5.41) is 9.70. The summed E-state index contributed by atoms with van der Waals surface area (Å²) in [5.41, 5.74) is 0. The molecule has 1 atom stereocenters. The maximum Gasteiger partial charge on any atom is 0.222 e. The van der Waals surface area contributed by atoms with Crippen LogP contribution in [0.5, 0.6) is 0 Å². The molecule has 0 bridgehead atoms. The van der Waals surface area contributed by atoms with Gasteiger partial charge in [-0.3, -0.25) is 14.7 Å². The second kappa shape index (κ2) is 9.11. The van der Waals surface area contributed by atoms with E-state index < -0.39 is 0 Å². The third-order valence-electron chi connectivity index (χ3n) is 4.87. The van der Waals surface area contributed by atoms with Crippen LogP contribution in [0.3, 0.4) is 0 Å². The van der Waals surface area contributed by atoms with Crippen LogP contribution >= 0.6 is 0 Å². The Balaban J connectivity index is 1.64. The average molecular weight is 323 g/mol. The smallest absolute Gasteiger partial charge is 0.222 e. The molecule has 1 heterocycles. The normalized spacial score (nSPS) is 23.5. The molecule has 0 aromatic heterocycles. The van der Waals surface area contributed by atoms with Gasteiger partial charge in [0.25, 0.3) is 0 Å². The first kappa shape index (κ1) is 18.0. The van der Waals surface area contributed by atoms with Crippen molar-refractivity contribution in [1.82, 2.24) is 20.9 Å². The molecular formula is C17H33N5O. The maximum absolute atomic E-state index is 11.5. The molecule has 1 saturated heterocycles. The van der Waals surface area contributed by atoms with E-state index in [1.807, 2.05) is 13.8 Å². The number of carbonyl (C=O) groups excluding carboxylic acids is 1. The Kier molecular flexibility index (Phi) is 7.15. The lowest BCUT2D eigenvalue weighted by Crippen LogP contribution is -2.47. The van der Waals surface area contributed by atoms with E-state index in [2.05, 4.69) is 25.8 Å². The number of rotatable bonds is 6. The summed E-state index contributed by atoms with van der Waals surface area (Å²) >= 11 is 0. The number of hydrogen-bond donors (Lipinski definition) is 3. The number of nitrogens with one attached hydrogen (secondary N) is 3. The Hall–Kier alpha value is -1.30. The zero-order valence-corrected chi connectivity index (χ0v) is 14.9. The van der Waals surface area contributed by atoms with Crippen LogP contribution in [0.2, 0.25) is 0 Å². The lowest BCUT2D eigenvalue weighted by Gasteiger charge is -2.24. The molecule has 1 unspecified atom stereocenters. The maximum atomic E-state index is 11.5. The summed E-state index contributed by atoms with van der Waals surface area (Å²) < 4.78 is 0. The van der Waals surface area contributed by atoms with E-state index in [0.717, 1.165) is 18.5 Å². The van der Waals surface area contributed by atoms with Gasteiger partial charge in [-0.25, -0.2) is 0 Å². The number of guanidine groups is 1. The first-order valence-electron chi connectivity index (χ1n) is 9.09. The molecule has 1 saturated carbocycles. The van der Waals surface area contributed by atoms with Crippen molar-refractivity contribution in [2.24, 2.45) is 10.9 Å². The number of aliphatic imine (C=N–C) groups is 1. The van der Waals surface area contributed by atoms with Gasteiger partial charge in [0.15, 0.2) is 5.96 Å². The summed E-state index contributed by atoms with van der Waals surface area (Å²) in [6, 6.07) is 1.29. The summed E-state index contributed by atoms with van der Waals surface area (Å²) in [6.45, 7) is 7.44. The SMILES string of the molecule is CN=C(NCCNC(=O)C(C)C)NC1CCN(C2CCCC2)C1. The van der Waals surface area contributed by atoms with Crippen LogP contribution in [0.1, 0.15) is 46.0 Å². The standard InChI is InChI=1S/C17H33N5O/c1-13(2)16(23)19-9-10-20-17(18-3)21-14-8-11-22(12-14)15-6-4-5-7-15/h13-15H,4-12H2,1-3H3,(H,19,23)(H2,18,20,21). The van der Waals surface area contributed by atoms with Crippen molar-refractivity contribution in [2.75, 3.05) is 33.2 Å². The minimum absolute atomic E-state index is 0.0347. The van der Waals surface area contributed by atoms with E-state index in [4.69, 9.17) is 0 Å². The number of nitrogens with zero attached hydrogens (tertiary/aromatic N) is 2. The largest absolute Gasteiger partial charge is 0.355 e. The first-order valence-corrected chi connectivity index (χ1v) is 9.09. The lowest BCUT2D eigenvalue weighted by molar-refractivity contribution is -0.123. The Morgan fingerprint density at radius 1 is 1.17 bits per heavy atom. The van der Waals surface area contributed by atoms with E-state index in [0.29, 0.717) is 19.1 Å². The fraction of sp³-hybridized carbons (Fsp3) is 0.882. The minimum Gasteiger partial charge on any atom is -0.355 e. The molecule has 0 aromatic rings. The van der Waals surface area contributed by atoms with Crippen LogP contribution in [-0.4, -0.2) is 62.1 Å². The van der Waals surface area contributed by atoms with Crippen LogP contribution in [0.25, 0.3) is 0 Å². The van der Waals surface area contributed by atoms with E-state index in [1.54, 1.807) is 7.05 Å². The van der Waals surface area contributed by atoms with E-state index in [1.165, 1.54) is 38.6 Å². The van der Waals surface area contributed by atoms with E-state index in [-0.39, 0.29) is 11.8 Å². The zero-order chi connectivity index (χ0) is 16.7. The third-order valence-corrected chi connectivity index (χ3v) is 4.87. The topological polar surface area (TPSA) is 68.8 Å². The highest BCUT2D eigenvalue weighted by Gasteiger charge is 2.30. The van der Waals surface area contributed by atoms with Crippen molar-refractivity contribution in [2.45, 2.75) is 58.0 Å². The van der Waals surface area contributed by atoms with Gasteiger partial charge < -0.3 is 16.0 Å². The van der Waals surface area contributed by atoms with Gasteiger partial charge in [-0.15, -0.1) is 0 Å². The van der Waals surface area contributed by atoms with Crippen molar-refractivity contribution in [3.05, 3.63) is 0 Å². The summed E-state index contributed by atoms with van der Waals surface area (Å²) in [4.78, 5) is 18.4. The fourth-order valence-corrected chi connectivity index (χ4v) is 3.46. The van der Waals surface area contributed by atoms with Crippen LogP contribution in [0.15, 0.2) is 4.99 Å². The van der Waals surface area contributed by atoms with Crippen molar-refractivity contribution >= 4 is 11.9 Å². The van der Waals surface area contributed by atoms with E-state index >= 15 is 0 Å². The monoisotopic (exact) mass is 323 g/mol. The van der Waals surface area contributed by atoms with Crippen molar-refractivity contribution < 1.29 is 4.79 Å². The average Bonchev–Trinajstić information content (AvgIpc) is 3.20. The third kappa shape index (κ3) is 5.68. The lowest BCUT2D eigenvalue weighted by atomic mass is 10.2. The minimum atomic E-state index is 0.0347. The molecule has 3 N–H and O–H groups in total. The van der Waals surface area contributed by atoms with Gasteiger partial charge in [-0.2, -0.15) is 0 Å². The second-order valence-corrected chi connectivity index (χ2v) is 7.01. The van der Waals surface area contributed by atoms with Crippen LogP contribution in [-0.2, 0) is 4.79 Å². The first-order chi connectivity index (χ1) is 11.1. The Morgan fingerprint density at radius 2 is 1.87 bits per heavy atom. The molecule has 1 amide bonds. The van der Waals surface area contributed by atoms with Gasteiger partial charge in [-0.1, -0.05) is 26.7 Å². The highest BCUT2D eigenvalue weighted by molar-refractivity contribution is 5.80. The van der Waals surface area contributed by atoms with Gasteiger partial charge in [0, 0.05) is 51.2 Å². The Bertz CT molecular complexity index is 404. The van der Waals surface area contributed by atoms with Crippen molar-refractivity contribution in [3.8, 4) is 0 Å². The van der Waals surface area contributed by atoms with Crippen LogP contribution in [0.4, 0.5) is 0 Å². The highest BCUT2D eigenvalue weighted by Crippen LogP contribution is 2.26. The van der Waals surface area contributed by atoms with Gasteiger partial charge in [0.05, 0.1) is 0 Å². The highest BCUT2D eigenvalue weighted by atomic mass is 16.1. The molecule has 2 fully saturated rings. The van der Waals surface area contributed by atoms with Gasteiger partial charge >= 0.3 is 0 Å². The Labute approximate surface area is 140 Å². The number of likely N-dealkylation sites (tertiary alicyclic amines) is 1. The number of amides is 1. The van der Waals surface area contributed by atoms with Crippen LogP contribution in [0, 0.1) is 5.92 Å². The molecule has 2 aliphatic rings. The van der Waals surface area contributed by atoms with Gasteiger partial charge in [0.2, 0.25) is 5.91 Å². The van der Waals surface area contributed by atoms with Crippen molar-refractivity contribution in [1.29, 1.82) is 0 Å². The summed E-state index contributed by atoms with van der Waals surface area (Å²) in [5.74, 6) is 0.965. The molecule has 6 nitrogen and oxygen atoms in total. The number of hydrogen-bond acceptors (Lipinski definition) is 3. The number of carbonyl (C=O) groups is 1. The predicted octanol–water partition coefficient (Wildman–Crippen LogP) is 0.941. The zero-order valence-electron chi connectivity index (χ0n) is 14.9.